The highest BCUT2D eigenvalue weighted by Crippen LogP contribution is 2.15. The number of piperazine rings is 1. The maximum atomic E-state index is 12.2. The van der Waals surface area contributed by atoms with Gasteiger partial charge in [-0.1, -0.05) is 18.2 Å². The zero-order chi connectivity index (χ0) is 16.8. The van der Waals surface area contributed by atoms with Gasteiger partial charge in [-0.25, -0.2) is 4.79 Å². The Morgan fingerprint density at radius 1 is 1.00 bits per heavy atom. The van der Waals surface area contributed by atoms with Crippen LogP contribution >= 0.6 is 0 Å². The molecule has 0 spiro atoms. The van der Waals surface area contributed by atoms with Gasteiger partial charge in [-0.3, -0.25) is 9.78 Å². The van der Waals surface area contributed by atoms with Crippen LogP contribution in [-0.4, -0.2) is 54.5 Å². The standard InChI is InChI=1S/C18H19N3O3/c22-17(14-24-18(23)15-5-4-8-19-13-15)21-11-9-20(10-12-21)16-6-2-1-3-7-16/h1-8,13H,9-12,14H2. The Bertz CT molecular complexity index is 683. The number of nitrogens with zero attached hydrogens (tertiary/aromatic N) is 3. The molecule has 124 valence electrons. The lowest BCUT2D eigenvalue weighted by Crippen LogP contribution is -2.49. The van der Waals surface area contributed by atoms with Crippen molar-refractivity contribution >= 4 is 17.6 Å². The van der Waals surface area contributed by atoms with Crippen LogP contribution in [-0.2, 0) is 9.53 Å². The van der Waals surface area contributed by atoms with Crippen molar-refractivity contribution in [3.63, 3.8) is 0 Å². The Kier molecular flexibility index (Phi) is 5.05. The molecule has 1 fully saturated rings. The number of rotatable bonds is 4. The molecule has 6 heteroatoms. The van der Waals surface area contributed by atoms with Crippen LogP contribution < -0.4 is 4.90 Å². The van der Waals surface area contributed by atoms with Crippen molar-refractivity contribution in [2.45, 2.75) is 0 Å². The van der Waals surface area contributed by atoms with Crippen molar-refractivity contribution in [2.75, 3.05) is 37.7 Å². The minimum absolute atomic E-state index is 0.167. The lowest BCUT2D eigenvalue weighted by Gasteiger charge is -2.36. The van der Waals surface area contributed by atoms with E-state index >= 15 is 0 Å². The molecule has 1 aliphatic heterocycles. The Balaban J connectivity index is 1.46. The molecule has 0 radical (unpaired) electrons. The van der Waals surface area contributed by atoms with Crippen molar-refractivity contribution < 1.29 is 14.3 Å². The summed E-state index contributed by atoms with van der Waals surface area (Å²) in [6, 6.07) is 13.4. The molecule has 0 atom stereocenters. The van der Waals surface area contributed by atoms with Gasteiger partial charge in [-0.2, -0.15) is 0 Å². The first-order valence-electron chi connectivity index (χ1n) is 7.89. The van der Waals surface area contributed by atoms with E-state index in [0.717, 1.165) is 18.8 Å². The SMILES string of the molecule is O=C(OCC(=O)N1CCN(c2ccccc2)CC1)c1cccnc1. The Morgan fingerprint density at radius 3 is 2.42 bits per heavy atom. The molecule has 0 saturated carbocycles. The number of aromatic nitrogens is 1. The van der Waals surface area contributed by atoms with E-state index in [9.17, 15) is 9.59 Å². The first-order chi connectivity index (χ1) is 11.7. The van der Waals surface area contributed by atoms with Crippen molar-refractivity contribution in [1.29, 1.82) is 0 Å². The average molecular weight is 325 g/mol. The lowest BCUT2D eigenvalue weighted by molar-refractivity contribution is -0.134. The van der Waals surface area contributed by atoms with E-state index in [0.29, 0.717) is 18.7 Å². The van der Waals surface area contributed by atoms with Gasteiger partial charge in [0, 0.05) is 44.3 Å². The van der Waals surface area contributed by atoms with Gasteiger partial charge in [0.2, 0.25) is 0 Å². The minimum Gasteiger partial charge on any atom is -0.452 e. The molecule has 1 aliphatic rings. The van der Waals surface area contributed by atoms with Gasteiger partial charge in [0.25, 0.3) is 5.91 Å². The average Bonchev–Trinajstić information content (AvgIpc) is 2.67. The molecule has 1 aromatic heterocycles. The largest absolute Gasteiger partial charge is 0.452 e. The maximum absolute atomic E-state index is 12.2. The topological polar surface area (TPSA) is 62.7 Å². The second-order valence-corrected chi connectivity index (χ2v) is 5.52. The third kappa shape index (κ3) is 3.90. The quantitative estimate of drug-likeness (QED) is 0.799. The monoisotopic (exact) mass is 325 g/mol. The van der Waals surface area contributed by atoms with Crippen LogP contribution in [0, 0.1) is 0 Å². The van der Waals surface area contributed by atoms with Crippen LogP contribution in [0.15, 0.2) is 54.9 Å². The summed E-state index contributed by atoms with van der Waals surface area (Å²) in [6.45, 7) is 2.55. The summed E-state index contributed by atoms with van der Waals surface area (Å²) < 4.78 is 5.07. The number of anilines is 1. The molecule has 24 heavy (non-hydrogen) atoms. The highest BCUT2D eigenvalue weighted by atomic mass is 16.5. The fourth-order valence-electron chi connectivity index (χ4n) is 2.64. The third-order valence-corrected chi connectivity index (χ3v) is 3.98. The number of hydrogen-bond donors (Lipinski definition) is 0. The number of para-hydroxylation sites is 1. The molecule has 1 aromatic carbocycles. The first-order valence-corrected chi connectivity index (χ1v) is 7.89. The van der Waals surface area contributed by atoms with Gasteiger partial charge in [-0.15, -0.1) is 0 Å². The normalized spacial score (nSPS) is 14.3. The van der Waals surface area contributed by atoms with Crippen LogP contribution in [0.1, 0.15) is 10.4 Å². The summed E-state index contributed by atoms with van der Waals surface area (Å²) in [6.07, 6.45) is 3.00. The maximum Gasteiger partial charge on any atom is 0.340 e. The van der Waals surface area contributed by atoms with Crippen LogP contribution in [0.5, 0.6) is 0 Å². The number of ether oxygens (including phenoxy) is 1. The molecule has 2 aromatic rings. The van der Waals surface area contributed by atoms with Crippen molar-refractivity contribution in [2.24, 2.45) is 0 Å². The van der Waals surface area contributed by atoms with Crippen molar-refractivity contribution in [1.82, 2.24) is 9.88 Å². The van der Waals surface area contributed by atoms with Crippen molar-refractivity contribution in [3.8, 4) is 0 Å². The molecule has 1 saturated heterocycles. The molecule has 0 unspecified atom stereocenters. The second kappa shape index (κ2) is 7.59. The summed E-state index contributed by atoms with van der Waals surface area (Å²) in [5.41, 5.74) is 1.51. The summed E-state index contributed by atoms with van der Waals surface area (Å²) in [7, 11) is 0. The van der Waals surface area contributed by atoms with E-state index in [1.54, 1.807) is 23.2 Å². The zero-order valence-corrected chi connectivity index (χ0v) is 13.3. The lowest BCUT2D eigenvalue weighted by atomic mass is 10.2. The Labute approximate surface area is 140 Å². The molecular formula is C18H19N3O3. The van der Waals surface area contributed by atoms with Crippen molar-refractivity contribution in [3.05, 3.63) is 60.4 Å². The number of amides is 1. The predicted octanol–water partition coefficient (Wildman–Crippen LogP) is 1.59. The fraction of sp³-hybridized carbons (Fsp3) is 0.278. The van der Waals surface area contributed by atoms with Crippen LogP contribution in [0.3, 0.4) is 0 Å². The van der Waals surface area contributed by atoms with Crippen LogP contribution in [0.4, 0.5) is 5.69 Å². The van der Waals surface area contributed by atoms with Crippen LogP contribution in [0.2, 0.25) is 0 Å². The van der Waals surface area contributed by atoms with E-state index in [-0.39, 0.29) is 12.5 Å². The van der Waals surface area contributed by atoms with E-state index in [1.165, 1.54) is 6.20 Å². The number of carbonyl (C=O) groups is 2. The van der Waals surface area contributed by atoms with Gasteiger partial charge in [0.05, 0.1) is 5.56 Å². The molecule has 1 amide bonds. The molecule has 0 aliphatic carbocycles. The van der Waals surface area contributed by atoms with Gasteiger partial charge < -0.3 is 14.5 Å². The third-order valence-electron chi connectivity index (χ3n) is 3.98. The summed E-state index contributed by atoms with van der Waals surface area (Å²) in [5.74, 6) is -0.695. The summed E-state index contributed by atoms with van der Waals surface area (Å²) in [5, 5.41) is 0. The smallest absolute Gasteiger partial charge is 0.340 e. The molecule has 2 heterocycles. The molecule has 6 nitrogen and oxygen atoms in total. The fourth-order valence-corrected chi connectivity index (χ4v) is 2.64. The van der Waals surface area contributed by atoms with E-state index in [2.05, 4.69) is 22.0 Å². The van der Waals surface area contributed by atoms with Gasteiger partial charge >= 0.3 is 5.97 Å². The second-order valence-electron chi connectivity index (χ2n) is 5.52. The Hall–Kier alpha value is -2.89. The minimum atomic E-state index is -0.528. The molecule has 0 N–H and O–H groups in total. The number of esters is 1. The number of pyridine rings is 1. The highest BCUT2D eigenvalue weighted by molar-refractivity contribution is 5.91. The number of benzene rings is 1. The summed E-state index contributed by atoms with van der Waals surface area (Å²) in [4.78, 5) is 31.9. The Morgan fingerprint density at radius 2 is 1.75 bits per heavy atom. The number of carbonyl (C=O) groups excluding carboxylic acids is 2. The molecule has 0 bridgehead atoms. The molecular weight excluding hydrogens is 306 g/mol. The van der Waals surface area contributed by atoms with Crippen LogP contribution in [0.25, 0.3) is 0 Å². The van der Waals surface area contributed by atoms with E-state index in [1.807, 2.05) is 18.2 Å². The first kappa shape index (κ1) is 16.0. The zero-order valence-electron chi connectivity index (χ0n) is 13.3. The van der Waals surface area contributed by atoms with Gasteiger partial charge in [0.1, 0.15) is 0 Å². The van der Waals surface area contributed by atoms with Gasteiger partial charge in [0.15, 0.2) is 6.61 Å². The highest BCUT2D eigenvalue weighted by Gasteiger charge is 2.22. The number of hydrogen-bond acceptors (Lipinski definition) is 5. The van der Waals surface area contributed by atoms with Gasteiger partial charge in [-0.05, 0) is 24.3 Å². The van der Waals surface area contributed by atoms with E-state index in [4.69, 9.17) is 4.74 Å². The predicted molar refractivity (Wildman–Crippen MR) is 89.8 cm³/mol. The van der Waals surface area contributed by atoms with E-state index < -0.39 is 5.97 Å². The molecule has 3 rings (SSSR count). The summed E-state index contributed by atoms with van der Waals surface area (Å²) >= 11 is 0.